The predicted molar refractivity (Wildman–Crippen MR) is 89.8 cm³/mol. The van der Waals surface area contributed by atoms with Crippen LogP contribution in [0.25, 0.3) is 16.9 Å². The molecule has 3 rings (SSSR count). The van der Waals surface area contributed by atoms with Crippen LogP contribution in [0, 0.1) is 0 Å². The van der Waals surface area contributed by atoms with E-state index in [0.717, 1.165) is 10.7 Å². The van der Waals surface area contributed by atoms with Crippen molar-refractivity contribution in [2.75, 3.05) is 5.73 Å². The molecule has 0 atom stereocenters. The standard InChI is InChI=1S/C16H13F3N4O2S/c17-16(18,19)15-9-14(12-3-1-2-4-13(12)20)23(22-15)10-5-7-11(8-6-10)26(21,24)25/h1-9H,20H2,(H2,21,24,25). The maximum atomic E-state index is 13.1. The third-order valence-corrected chi connectivity index (χ3v) is 4.58. The van der Waals surface area contributed by atoms with Crippen LogP contribution in [0.4, 0.5) is 18.9 Å². The smallest absolute Gasteiger partial charge is 0.398 e. The second-order valence-electron chi connectivity index (χ2n) is 5.45. The molecule has 26 heavy (non-hydrogen) atoms. The highest BCUT2D eigenvalue weighted by Gasteiger charge is 2.35. The number of hydrogen-bond donors (Lipinski definition) is 2. The summed E-state index contributed by atoms with van der Waals surface area (Å²) in [6.07, 6.45) is -4.65. The first-order valence-corrected chi connectivity index (χ1v) is 8.77. The van der Waals surface area contributed by atoms with Gasteiger partial charge in [0.25, 0.3) is 0 Å². The molecule has 4 N–H and O–H groups in total. The van der Waals surface area contributed by atoms with Gasteiger partial charge in [-0.25, -0.2) is 18.2 Å². The number of benzene rings is 2. The topological polar surface area (TPSA) is 104 Å². The molecule has 0 amide bonds. The number of halogens is 3. The van der Waals surface area contributed by atoms with Crippen molar-refractivity contribution in [3.05, 3.63) is 60.3 Å². The molecule has 0 radical (unpaired) electrons. The Morgan fingerprint density at radius 3 is 2.15 bits per heavy atom. The first-order chi connectivity index (χ1) is 12.1. The second-order valence-corrected chi connectivity index (χ2v) is 7.01. The Hall–Kier alpha value is -2.85. The van der Waals surface area contributed by atoms with Crippen LogP contribution in [-0.4, -0.2) is 18.2 Å². The van der Waals surface area contributed by atoms with E-state index in [1.807, 2.05) is 0 Å². The van der Waals surface area contributed by atoms with E-state index in [9.17, 15) is 21.6 Å². The summed E-state index contributed by atoms with van der Waals surface area (Å²) >= 11 is 0. The molecule has 2 aromatic carbocycles. The quantitative estimate of drug-likeness (QED) is 0.680. The van der Waals surface area contributed by atoms with Crippen molar-refractivity contribution in [1.29, 1.82) is 0 Å². The van der Waals surface area contributed by atoms with Crippen LogP contribution in [0.15, 0.2) is 59.5 Å². The average Bonchev–Trinajstić information content (AvgIpc) is 3.00. The molecule has 6 nitrogen and oxygen atoms in total. The molecule has 0 aliphatic heterocycles. The zero-order valence-corrected chi connectivity index (χ0v) is 13.9. The van der Waals surface area contributed by atoms with Gasteiger partial charge in [0.1, 0.15) is 0 Å². The summed E-state index contributed by atoms with van der Waals surface area (Å²) in [6, 6.07) is 12.3. The van der Waals surface area contributed by atoms with Crippen LogP contribution >= 0.6 is 0 Å². The van der Waals surface area contributed by atoms with Gasteiger partial charge in [-0.05, 0) is 36.4 Å². The number of aromatic nitrogens is 2. The summed E-state index contributed by atoms with van der Waals surface area (Å²) in [4.78, 5) is -0.162. The Morgan fingerprint density at radius 2 is 1.62 bits per heavy atom. The fraction of sp³-hybridized carbons (Fsp3) is 0.0625. The number of nitrogens with zero attached hydrogens (tertiary/aromatic N) is 2. The van der Waals surface area contributed by atoms with Gasteiger partial charge >= 0.3 is 6.18 Å². The summed E-state index contributed by atoms with van der Waals surface area (Å²) in [7, 11) is -3.92. The molecular weight excluding hydrogens is 369 g/mol. The number of rotatable bonds is 3. The number of alkyl halides is 3. The van der Waals surface area contributed by atoms with Gasteiger partial charge in [0, 0.05) is 11.3 Å². The molecule has 0 spiro atoms. The van der Waals surface area contributed by atoms with Gasteiger partial charge in [0.15, 0.2) is 5.69 Å². The summed E-state index contributed by atoms with van der Waals surface area (Å²) in [6.45, 7) is 0. The Balaban J connectivity index is 2.20. The second kappa shape index (κ2) is 6.15. The van der Waals surface area contributed by atoms with Gasteiger partial charge in [-0.2, -0.15) is 18.3 Å². The van der Waals surface area contributed by atoms with Crippen molar-refractivity contribution in [2.45, 2.75) is 11.1 Å². The van der Waals surface area contributed by atoms with Gasteiger partial charge in [-0.3, -0.25) is 0 Å². The van der Waals surface area contributed by atoms with Crippen LogP contribution in [0.5, 0.6) is 0 Å². The van der Waals surface area contributed by atoms with Crippen molar-refractivity contribution in [1.82, 2.24) is 9.78 Å². The van der Waals surface area contributed by atoms with E-state index in [0.29, 0.717) is 5.56 Å². The zero-order chi connectivity index (χ0) is 19.1. The van der Waals surface area contributed by atoms with Crippen LogP contribution in [-0.2, 0) is 16.2 Å². The number of nitrogens with two attached hydrogens (primary N) is 2. The van der Waals surface area contributed by atoms with E-state index in [1.54, 1.807) is 24.3 Å². The highest BCUT2D eigenvalue weighted by molar-refractivity contribution is 7.89. The van der Waals surface area contributed by atoms with E-state index >= 15 is 0 Å². The lowest BCUT2D eigenvalue weighted by Gasteiger charge is -2.10. The van der Waals surface area contributed by atoms with E-state index in [2.05, 4.69) is 5.10 Å². The molecule has 0 bridgehead atoms. The zero-order valence-electron chi connectivity index (χ0n) is 13.1. The molecular formula is C16H13F3N4O2S. The molecule has 3 aromatic rings. The first-order valence-electron chi connectivity index (χ1n) is 7.23. The average molecular weight is 382 g/mol. The number of para-hydroxylation sites is 1. The van der Waals surface area contributed by atoms with Gasteiger partial charge in [0.05, 0.1) is 16.3 Å². The van der Waals surface area contributed by atoms with Crippen LogP contribution in [0.1, 0.15) is 5.69 Å². The van der Waals surface area contributed by atoms with Crippen molar-refractivity contribution in [3.8, 4) is 16.9 Å². The molecule has 10 heteroatoms. The van der Waals surface area contributed by atoms with Gasteiger partial charge in [0.2, 0.25) is 10.0 Å². The fourth-order valence-electron chi connectivity index (χ4n) is 2.42. The number of nitrogen functional groups attached to an aromatic ring is 1. The maximum Gasteiger partial charge on any atom is 0.435 e. The normalized spacial score (nSPS) is 12.3. The van der Waals surface area contributed by atoms with Crippen molar-refractivity contribution in [2.24, 2.45) is 5.14 Å². The molecule has 0 saturated carbocycles. The Morgan fingerprint density at radius 1 is 1.00 bits per heavy atom. The molecule has 1 heterocycles. The van der Waals surface area contributed by atoms with Crippen LogP contribution in [0.3, 0.4) is 0 Å². The molecule has 0 saturated heterocycles. The van der Waals surface area contributed by atoms with E-state index in [4.69, 9.17) is 10.9 Å². The highest BCUT2D eigenvalue weighted by Crippen LogP contribution is 2.35. The van der Waals surface area contributed by atoms with Gasteiger partial charge in [-0.1, -0.05) is 18.2 Å². The summed E-state index contributed by atoms with van der Waals surface area (Å²) in [5, 5.41) is 8.65. The van der Waals surface area contributed by atoms with E-state index < -0.39 is 21.9 Å². The lowest BCUT2D eigenvalue weighted by Crippen LogP contribution is -2.12. The predicted octanol–water partition coefficient (Wildman–Crippen LogP) is 2.79. The fourth-order valence-corrected chi connectivity index (χ4v) is 2.93. The number of anilines is 1. The van der Waals surface area contributed by atoms with E-state index in [1.165, 1.54) is 24.3 Å². The Bertz CT molecular complexity index is 1060. The van der Waals surface area contributed by atoms with Crippen molar-refractivity contribution >= 4 is 15.7 Å². The Kier molecular flexibility index (Phi) is 4.24. The summed E-state index contributed by atoms with van der Waals surface area (Å²) in [5.74, 6) is 0. The van der Waals surface area contributed by atoms with Gasteiger partial charge in [-0.15, -0.1) is 0 Å². The summed E-state index contributed by atoms with van der Waals surface area (Å²) < 4.78 is 63.1. The van der Waals surface area contributed by atoms with Crippen molar-refractivity contribution in [3.63, 3.8) is 0 Å². The van der Waals surface area contributed by atoms with Crippen molar-refractivity contribution < 1.29 is 21.6 Å². The first kappa shape index (κ1) is 18.0. The minimum atomic E-state index is -4.65. The third-order valence-electron chi connectivity index (χ3n) is 3.65. The monoisotopic (exact) mass is 382 g/mol. The highest BCUT2D eigenvalue weighted by atomic mass is 32.2. The third kappa shape index (κ3) is 3.41. The minimum Gasteiger partial charge on any atom is -0.398 e. The van der Waals surface area contributed by atoms with Crippen LogP contribution < -0.4 is 10.9 Å². The molecule has 0 unspecified atom stereocenters. The largest absolute Gasteiger partial charge is 0.435 e. The molecule has 0 fully saturated rings. The lowest BCUT2D eigenvalue weighted by molar-refractivity contribution is -0.141. The van der Waals surface area contributed by atoms with E-state index in [-0.39, 0.29) is 22.0 Å². The molecule has 136 valence electrons. The summed E-state index contributed by atoms with van der Waals surface area (Å²) in [5.41, 5.74) is 5.79. The minimum absolute atomic E-state index is 0.124. The molecule has 1 aromatic heterocycles. The molecule has 0 aliphatic carbocycles. The maximum absolute atomic E-state index is 13.1. The SMILES string of the molecule is Nc1ccccc1-c1cc(C(F)(F)F)nn1-c1ccc(S(N)(=O)=O)cc1. The van der Waals surface area contributed by atoms with Crippen LogP contribution in [0.2, 0.25) is 0 Å². The Labute approximate surface area is 146 Å². The number of hydrogen-bond acceptors (Lipinski definition) is 4. The van der Waals surface area contributed by atoms with Gasteiger partial charge < -0.3 is 5.73 Å². The lowest BCUT2D eigenvalue weighted by atomic mass is 10.1. The molecule has 0 aliphatic rings. The number of primary sulfonamides is 1. The number of sulfonamides is 1.